The second kappa shape index (κ2) is 5.63. The third kappa shape index (κ3) is 2.60. The SMILES string of the molecule is [C-]#[N+]c1ccc2c(c1)[C@@H](NC(=O)c1cc3cc(O)ccc3[nH]1)C(C)(C)C2. The molecule has 3 aromatic rings. The standard InChI is InChI=1S/C21H19N3O2/c1-21(2)11-12-4-5-14(22-3)10-16(12)19(21)24-20(26)18-9-13-8-15(25)6-7-17(13)23-18/h4-10,19,23,25H,11H2,1-2H3,(H,24,26)/t19-/m1/s1. The number of benzene rings is 2. The molecule has 1 aliphatic rings. The van der Waals surface area contributed by atoms with Gasteiger partial charge in [-0.1, -0.05) is 32.0 Å². The maximum Gasteiger partial charge on any atom is 0.268 e. The van der Waals surface area contributed by atoms with Crippen LogP contribution in [0.4, 0.5) is 5.69 Å². The largest absolute Gasteiger partial charge is 0.508 e. The lowest BCUT2D eigenvalue weighted by Gasteiger charge is -2.28. The second-order valence-electron chi connectivity index (χ2n) is 7.52. The first-order valence-electron chi connectivity index (χ1n) is 8.50. The number of aromatic nitrogens is 1. The summed E-state index contributed by atoms with van der Waals surface area (Å²) in [6.07, 6.45) is 0.853. The molecule has 4 rings (SSSR count). The van der Waals surface area contributed by atoms with E-state index < -0.39 is 0 Å². The maximum absolute atomic E-state index is 12.8. The van der Waals surface area contributed by atoms with Crippen molar-refractivity contribution in [1.29, 1.82) is 0 Å². The molecule has 0 saturated carbocycles. The summed E-state index contributed by atoms with van der Waals surface area (Å²) < 4.78 is 0. The molecular weight excluding hydrogens is 326 g/mol. The Hall–Kier alpha value is -3.26. The van der Waals surface area contributed by atoms with E-state index in [-0.39, 0.29) is 23.1 Å². The molecule has 5 heteroatoms. The highest BCUT2D eigenvalue weighted by atomic mass is 16.3. The number of nitrogens with zero attached hydrogens (tertiary/aromatic N) is 1. The summed E-state index contributed by atoms with van der Waals surface area (Å²) in [6, 6.07) is 12.2. The van der Waals surface area contributed by atoms with Crippen LogP contribution in [0.25, 0.3) is 15.7 Å². The molecule has 0 bridgehead atoms. The maximum atomic E-state index is 12.8. The van der Waals surface area contributed by atoms with Gasteiger partial charge in [0.15, 0.2) is 5.69 Å². The molecule has 1 atom stereocenters. The summed E-state index contributed by atoms with van der Waals surface area (Å²) >= 11 is 0. The minimum atomic E-state index is -0.195. The van der Waals surface area contributed by atoms with Gasteiger partial charge in [-0.15, -0.1) is 0 Å². The highest BCUT2D eigenvalue weighted by molar-refractivity contribution is 5.98. The van der Waals surface area contributed by atoms with E-state index >= 15 is 0 Å². The molecule has 0 unspecified atom stereocenters. The summed E-state index contributed by atoms with van der Waals surface area (Å²) in [5.41, 5.74) is 3.90. The van der Waals surface area contributed by atoms with Crippen molar-refractivity contribution in [2.45, 2.75) is 26.3 Å². The minimum absolute atomic E-state index is 0.136. The van der Waals surface area contributed by atoms with Gasteiger partial charge in [-0.05, 0) is 47.2 Å². The average molecular weight is 345 g/mol. The van der Waals surface area contributed by atoms with E-state index in [0.29, 0.717) is 11.4 Å². The fourth-order valence-corrected chi connectivity index (χ4v) is 3.82. The number of aromatic hydroxyl groups is 1. The summed E-state index contributed by atoms with van der Waals surface area (Å²) in [7, 11) is 0. The number of carbonyl (C=O) groups is 1. The number of hydrogen-bond acceptors (Lipinski definition) is 2. The molecule has 1 amide bonds. The number of carbonyl (C=O) groups excluding carboxylic acids is 1. The Morgan fingerprint density at radius 3 is 2.85 bits per heavy atom. The Balaban J connectivity index is 1.67. The molecule has 0 aliphatic heterocycles. The first kappa shape index (κ1) is 16.2. The third-order valence-corrected chi connectivity index (χ3v) is 5.12. The number of aromatic amines is 1. The first-order chi connectivity index (χ1) is 12.4. The van der Waals surface area contributed by atoms with Gasteiger partial charge >= 0.3 is 0 Å². The lowest BCUT2D eigenvalue weighted by molar-refractivity contribution is 0.0899. The number of H-pyrrole nitrogens is 1. The van der Waals surface area contributed by atoms with Crippen molar-refractivity contribution < 1.29 is 9.90 Å². The number of fused-ring (bicyclic) bond motifs is 2. The van der Waals surface area contributed by atoms with Gasteiger partial charge in [0.25, 0.3) is 5.91 Å². The van der Waals surface area contributed by atoms with Crippen molar-refractivity contribution in [2.75, 3.05) is 0 Å². The second-order valence-corrected chi connectivity index (χ2v) is 7.52. The predicted molar refractivity (Wildman–Crippen MR) is 100 cm³/mol. The summed E-state index contributed by atoms with van der Waals surface area (Å²) in [5.74, 6) is -0.0270. The average Bonchev–Trinajstić information content (AvgIpc) is 3.12. The summed E-state index contributed by atoms with van der Waals surface area (Å²) in [5, 5.41) is 13.5. The van der Waals surface area contributed by atoms with Crippen LogP contribution in [0.5, 0.6) is 5.75 Å². The van der Waals surface area contributed by atoms with Gasteiger partial charge in [0.2, 0.25) is 0 Å². The molecular formula is C21H19N3O2. The molecule has 0 fully saturated rings. The monoisotopic (exact) mass is 345 g/mol. The van der Waals surface area contributed by atoms with Crippen LogP contribution in [-0.2, 0) is 6.42 Å². The number of nitrogens with one attached hydrogen (secondary N) is 2. The Kier molecular flexibility index (Phi) is 3.52. The van der Waals surface area contributed by atoms with Gasteiger partial charge in [0, 0.05) is 10.9 Å². The van der Waals surface area contributed by atoms with Crippen molar-refractivity contribution in [3.63, 3.8) is 0 Å². The summed E-state index contributed by atoms with van der Waals surface area (Å²) in [6.45, 7) is 11.5. The molecule has 0 radical (unpaired) electrons. The van der Waals surface area contributed by atoms with E-state index in [2.05, 4.69) is 29.0 Å². The van der Waals surface area contributed by atoms with Gasteiger partial charge in [-0.25, -0.2) is 4.85 Å². The number of hydrogen-bond donors (Lipinski definition) is 3. The van der Waals surface area contributed by atoms with Gasteiger partial charge in [0.05, 0.1) is 12.6 Å². The van der Waals surface area contributed by atoms with Crippen molar-refractivity contribution in [2.24, 2.45) is 5.41 Å². The van der Waals surface area contributed by atoms with Crippen LogP contribution >= 0.6 is 0 Å². The molecule has 0 spiro atoms. The highest BCUT2D eigenvalue weighted by Crippen LogP contribution is 2.46. The van der Waals surface area contributed by atoms with Crippen molar-refractivity contribution in [3.8, 4) is 5.75 Å². The molecule has 2 aromatic carbocycles. The Morgan fingerprint density at radius 2 is 2.08 bits per heavy atom. The third-order valence-electron chi connectivity index (χ3n) is 5.12. The van der Waals surface area contributed by atoms with E-state index in [0.717, 1.165) is 22.9 Å². The highest BCUT2D eigenvalue weighted by Gasteiger charge is 2.40. The Bertz CT molecular complexity index is 1070. The van der Waals surface area contributed by atoms with Gasteiger partial charge < -0.3 is 15.4 Å². The number of amides is 1. The van der Waals surface area contributed by atoms with Gasteiger partial charge in [-0.2, -0.15) is 0 Å². The molecule has 1 aromatic heterocycles. The zero-order chi connectivity index (χ0) is 18.5. The Morgan fingerprint density at radius 1 is 1.27 bits per heavy atom. The first-order valence-corrected chi connectivity index (χ1v) is 8.50. The van der Waals surface area contributed by atoms with Crippen LogP contribution in [-0.4, -0.2) is 16.0 Å². The quantitative estimate of drug-likeness (QED) is 0.600. The molecule has 1 heterocycles. The molecule has 5 nitrogen and oxygen atoms in total. The molecule has 0 saturated heterocycles. The molecule has 130 valence electrons. The minimum Gasteiger partial charge on any atom is -0.508 e. The normalized spacial score (nSPS) is 17.7. The number of phenolic OH excluding ortho intramolecular Hbond substituents is 1. The molecule has 26 heavy (non-hydrogen) atoms. The van der Waals surface area contributed by atoms with Crippen LogP contribution in [0.2, 0.25) is 0 Å². The van der Waals surface area contributed by atoms with E-state index in [9.17, 15) is 9.90 Å². The lowest BCUT2D eigenvalue weighted by atomic mass is 9.85. The number of phenols is 1. The van der Waals surface area contributed by atoms with Crippen molar-refractivity contribution in [3.05, 3.63) is 70.7 Å². The van der Waals surface area contributed by atoms with Gasteiger partial charge in [-0.3, -0.25) is 4.79 Å². The zero-order valence-corrected chi connectivity index (χ0v) is 14.6. The fraction of sp³-hybridized carbons (Fsp3) is 0.238. The van der Waals surface area contributed by atoms with E-state index in [1.54, 1.807) is 24.3 Å². The Labute approximate surface area is 151 Å². The van der Waals surface area contributed by atoms with Crippen molar-refractivity contribution >= 4 is 22.5 Å². The topological polar surface area (TPSA) is 69.5 Å². The van der Waals surface area contributed by atoms with Crippen molar-refractivity contribution in [1.82, 2.24) is 10.3 Å². The van der Waals surface area contributed by atoms with E-state index in [1.807, 2.05) is 18.2 Å². The molecule has 3 N–H and O–H groups in total. The number of rotatable bonds is 2. The smallest absolute Gasteiger partial charge is 0.268 e. The summed E-state index contributed by atoms with van der Waals surface area (Å²) in [4.78, 5) is 19.5. The predicted octanol–water partition coefficient (Wildman–Crippen LogP) is 4.48. The van der Waals surface area contributed by atoms with Gasteiger partial charge in [0.1, 0.15) is 11.4 Å². The zero-order valence-electron chi connectivity index (χ0n) is 14.6. The lowest BCUT2D eigenvalue weighted by Crippen LogP contribution is -2.35. The van der Waals surface area contributed by atoms with Crippen LogP contribution in [0.15, 0.2) is 42.5 Å². The molecule has 1 aliphatic carbocycles. The fourth-order valence-electron chi connectivity index (χ4n) is 3.82. The van der Waals surface area contributed by atoms with E-state index in [4.69, 9.17) is 6.57 Å². The van der Waals surface area contributed by atoms with Crippen LogP contribution in [0, 0.1) is 12.0 Å². The van der Waals surface area contributed by atoms with Crippen LogP contribution in [0.1, 0.15) is 41.5 Å². The van der Waals surface area contributed by atoms with E-state index in [1.165, 1.54) is 5.56 Å². The van der Waals surface area contributed by atoms with Crippen LogP contribution in [0.3, 0.4) is 0 Å². The van der Waals surface area contributed by atoms with Crippen LogP contribution < -0.4 is 5.32 Å².